The summed E-state index contributed by atoms with van der Waals surface area (Å²) in [6.07, 6.45) is -3.99. The molecule has 1 atom stereocenters. The van der Waals surface area contributed by atoms with Crippen LogP contribution in [0.2, 0.25) is 0 Å². The fourth-order valence-electron chi connectivity index (χ4n) is 1.45. The van der Waals surface area contributed by atoms with Crippen molar-refractivity contribution in [1.29, 1.82) is 0 Å². The average Bonchev–Trinajstić information content (AvgIpc) is 2.36. The van der Waals surface area contributed by atoms with Crippen LogP contribution in [0.15, 0.2) is 29.2 Å². The summed E-state index contributed by atoms with van der Waals surface area (Å²) in [6, 6.07) is 2.36. The number of hydrogen-bond donors (Lipinski definition) is 2. The molecule has 0 bridgehead atoms. The zero-order valence-corrected chi connectivity index (χ0v) is 11.5. The van der Waals surface area contributed by atoms with Crippen LogP contribution >= 0.6 is 11.8 Å². The van der Waals surface area contributed by atoms with Gasteiger partial charge in [0.25, 0.3) is 5.91 Å². The number of halogens is 5. The summed E-state index contributed by atoms with van der Waals surface area (Å²) in [5, 5.41) is 10.6. The van der Waals surface area contributed by atoms with Crippen LogP contribution in [0.5, 0.6) is 0 Å². The number of hydrogen-bond acceptors (Lipinski definition) is 3. The molecule has 0 heterocycles. The number of aliphatic carboxylic acids is 1. The largest absolute Gasteiger partial charge is 0.480 e. The predicted octanol–water partition coefficient (Wildman–Crippen LogP) is 3.14. The van der Waals surface area contributed by atoms with Crippen LogP contribution < -0.4 is 5.32 Å². The Hall–Kier alpha value is -1.84. The van der Waals surface area contributed by atoms with Gasteiger partial charge in [-0.25, -0.2) is 13.6 Å². The summed E-state index contributed by atoms with van der Waals surface area (Å²) in [5.74, 6) is -2.59. The minimum absolute atomic E-state index is 0.132. The van der Waals surface area contributed by atoms with Gasteiger partial charge in [-0.3, -0.25) is 4.79 Å². The van der Waals surface area contributed by atoms with E-state index in [-0.39, 0.29) is 22.2 Å². The Kier molecular flexibility index (Phi) is 6.15. The van der Waals surface area contributed by atoms with Gasteiger partial charge < -0.3 is 10.4 Å². The Morgan fingerprint density at radius 2 is 1.73 bits per heavy atom. The fourth-order valence-corrected chi connectivity index (χ4v) is 1.99. The first-order valence-electron chi connectivity index (χ1n) is 5.76. The molecule has 1 aromatic carbocycles. The number of thioether (sulfide) groups is 1. The molecule has 1 amide bonds. The first-order valence-corrected chi connectivity index (χ1v) is 6.58. The predicted molar refractivity (Wildman–Crippen MR) is 67.9 cm³/mol. The van der Waals surface area contributed by atoms with Gasteiger partial charge in [0.2, 0.25) is 6.43 Å². The van der Waals surface area contributed by atoms with Gasteiger partial charge in [0.1, 0.15) is 6.04 Å². The number of nitrogens with one attached hydrogen (secondary N) is 1. The average molecular weight is 343 g/mol. The van der Waals surface area contributed by atoms with Crippen molar-refractivity contribution in [2.45, 2.75) is 29.3 Å². The van der Waals surface area contributed by atoms with Crippen LogP contribution in [-0.4, -0.2) is 35.0 Å². The SMILES string of the molecule is O=C(NC(CC(F)F)C(=O)O)c1ccc(SC(F)(F)F)cc1. The molecule has 122 valence electrons. The van der Waals surface area contributed by atoms with E-state index in [1.54, 1.807) is 0 Å². The molecule has 0 saturated carbocycles. The monoisotopic (exact) mass is 343 g/mol. The zero-order chi connectivity index (χ0) is 16.9. The summed E-state index contributed by atoms with van der Waals surface area (Å²) in [6.45, 7) is 0. The van der Waals surface area contributed by atoms with Crippen molar-refractivity contribution in [3.05, 3.63) is 29.8 Å². The number of carboxylic acid groups (broad SMARTS) is 1. The van der Waals surface area contributed by atoms with Gasteiger partial charge in [-0.05, 0) is 36.0 Å². The van der Waals surface area contributed by atoms with Crippen molar-refractivity contribution in [2.24, 2.45) is 0 Å². The third kappa shape index (κ3) is 6.29. The number of benzene rings is 1. The lowest BCUT2D eigenvalue weighted by Gasteiger charge is -2.14. The van der Waals surface area contributed by atoms with Crippen LogP contribution in [0, 0.1) is 0 Å². The Bertz CT molecular complexity index is 533. The molecule has 2 N–H and O–H groups in total. The van der Waals surface area contributed by atoms with Crippen LogP contribution in [0.1, 0.15) is 16.8 Å². The van der Waals surface area contributed by atoms with E-state index in [2.05, 4.69) is 0 Å². The number of carboxylic acids is 1. The second-order valence-corrected chi connectivity index (χ2v) is 5.20. The van der Waals surface area contributed by atoms with Gasteiger partial charge in [-0.15, -0.1) is 0 Å². The fraction of sp³-hybridized carbons (Fsp3) is 0.333. The van der Waals surface area contributed by atoms with E-state index in [0.29, 0.717) is 0 Å². The lowest BCUT2D eigenvalue weighted by atomic mass is 10.1. The standard InChI is InChI=1S/C12H10F5NO3S/c13-9(14)5-8(11(20)21)18-10(19)6-1-3-7(4-2-6)22-12(15,16)17/h1-4,8-9H,5H2,(H,18,19)(H,20,21). The molecule has 10 heteroatoms. The van der Waals surface area contributed by atoms with Crippen LogP contribution in [0.4, 0.5) is 22.0 Å². The minimum atomic E-state index is -4.48. The lowest BCUT2D eigenvalue weighted by Crippen LogP contribution is -2.42. The highest BCUT2D eigenvalue weighted by Crippen LogP contribution is 2.36. The highest BCUT2D eigenvalue weighted by atomic mass is 32.2. The lowest BCUT2D eigenvalue weighted by molar-refractivity contribution is -0.140. The summed E-state index contributed by atoms with van der Waals surface area (Å²) >= 11 is -0.377. The van der Waals surface area contributed by atoms with E-state index in [4.69, 9.17) is 5.11 Å². The number of amides is 1. The zero-order valence-electron chi connectivity index (χ0n) is 10.7. The summed E-state index contributed by atoms with van der Waals surface area (Å²) in [5.41, 5.74) is -4.61. The second-order valence-electron chi connectivity index (χ2n) is 4.06. The second kappa shape index (κ2) is 7.43. The maximum atomic E-state index is 12.2. The van der Waals surface area contributed by atoms with Gasteiger partial charge in [0.15, 0.2) is 0 Å². The Balaban J connectivity index is 2.74. The normalized spacial score (nSPS) is 13.0. The summed E-state index contributed by atoms with van der Waals surface area (Å²) in [7, 11) is 0. The molecule has 0 radical (unpaired) electrons. The van der Waals surface area contributed by atoms with E-state index < -0.39 is 36.3 Å². The maximum Gasteiger partial charge on any atom is 0.446 e. The highest BCUT2D eigenvalue weighted by Gasteiger charge is 2.29. The molecule has 0 spiro atoms. The molecule has 0 fully saturated rings. The van der Waals surface area contributed by atoms with E-state index in [1.807, 2.05) is 5.32 Å². The van der Waals surface area contributed by atoms with Gasteiger partial charge in [-0.1, -0.05) is 0 Å². The number of alkyl halides is 5. The van der Waals surface area contributed by atoms with Crippen molar-refractivity contribution < 1.29 is 36.6 Å². The van der Waals surface area contributed by atoms with Crippen molar-refractivity contribution in [3.8, 4) is 0 Å². The summed E-state index contributed by atoms with van der Waals surface area (Å²) in [4.78, 5) is 22.3. The Morgan fingerprint density at radius 1 is 1.18 bits per heavy atom. The van der Waals surface area contributed by atoms with Gasteiger partial charge in [-0.2, -0.15) is 13.2 Å². The Labute approximate surface area is 125 Å². The van der Waals surface area contributed by atoms with E-state index in [0.717, 1.165) is 24.3 Å². The van der Waals surface area contributed by atoms with Crippen molar-refractivity contribution >= 4 is 23.6 Å². The molecule has 1 rings (SSSR count). The number of carbonyl (C=O) groups excluding carboxylic acids is 1. The van der Waals surface area contributed by atoms with E-state index >= 15 is 0 Å². The topological polar surface area (TPSA) is 66.4 Å². The molecule has 22 heavy (non-hydrogen) atoms. The van der Waals surface area contributed by atoms with E-state index in [9.17, 15) is 31.5 Å². The first kappa shape index (κ1) is 18.2. The molecular formula is C12H10F5NO3S. The number of carbonyl (C=O) groups is 2. The molecular weight excluding hydrogens is 333 g/mol. The molecule has 0 aliphatic heterocycles. The minimum Gasteiger partial charge on any atom is -0.480 e. The van der Waals surface area contributed by atoms with Gasteiger partial charge in [0, 0.05) is 16.9 Å². The maximum absolute atomic E-state index is 12.2. The van der Waals surface area contributed by atoms with Crippen molar-refractivity contribution in [1.82, 2.24) is 5.32 Å². The summed E-state index contributed by atoms with van der Waals surface area (Å²) < 4.78 is 60.8. The third-order valence-corrected chi connectivity index (χ3v) is 3.11. The van der Waals surface area contributed by atoms with Gasteiger partial charge >= 0.3 is 11.5 Å². The smallest absolute Gasteiger partial charge is 0.446 e. The van der Waals surface area contributed by atoms with Gasteiger partial charge in [0.05, 0.1) is 0 Å². The van der Waals surface area contributed by atoms with Crippen molar-refractivity contribution in [2.75, 3.05) is 0 Å². The number of rotatable bonds is 6. The first-order chi connectivity index (χ1) is 10.1. The molecule has 4 nitrogen and oxygen atoms in total. The van der Waals surface area contributed by atoms with Crippen LogP contribution in [0.25, 0.3) is 0 Å². The molecule has 0 aliphatic carbocycles. The van der Waals surface area contributed by atoms with Crippen molar-refractivity contribution in [3.63, 3.8) is 0 Å². The highest BCUT2D eigenvalue weighted by molar-refractivity contribution is 8.00. The molecule has 0 aliphatic rings. The third-order valence-electron chi connectivity index (χ3n) is 2.37. The van der Waals surface area contributed by atoms with Crippen LogP contribution in [0.3, 0.4) is 0 Å². The molecule has 0 aromatic heterocycles. The van der Waals surface area contributed by atoms with Crippen LogP contribution in [-0.2, 0) is 4.79 Å². The Morgan fingerprint density at radius 3 is 2.14 bits per heavy atom. The molecule has 0 saturated heterocycles. The quantitative estimate of drug-likeness (QED) is 0.615. The molecule has 1 aromatic rings. The van der Waals surface area contributed by atoms with E-state index in [1.165, 1.54) is 0 Å². The molecule has 1 unspecified atom stereocenters.